The van der Waals surface area contributed by atoms with Gasteiger partial charge in [0.25, 0.3) is 5.91 Å². The second-order valence-electron chi connectivity index (χ2n) is 4.90. The SMILES string of the molecule is O=C1Nc2cc(I)cc(C(F)(F)F)c2C1(O)c1ccccc1. The lowest BCUT2D eigenvalue weighted by Crippen LogP contribution is -2.36. The molecule has 0 aliphatic carbocycles. The van der Waals surface area contributed by atoms with E-state index in [1.54, 1.807) is 40.8 Å². The van der Waals surface area contributed by atoms with Crippen molar-refractivity contribution in [3.63, 3.8) is 0 Å². The van der Waals surface area contributed by atoms with Gasteiger partial charge >= 0.3 is 6.18 Å². The van der Waals surface area contributed by atoms with Gasteiger partial charge in [-0.15, -0.1) is 0 Å². The molecule has 1 aliphatic heterocycles. The van der Waals surface area contributed by atoms with Gasteiger partial charge in [-0.1, -0.05) is 30.3 Å². The van der Waals surface area contributed by atoms with E-state index in [0.29, 0.717) is 3.57 Å². The van der Waals surface area contributed by atoms with Crippen LogP contribution in [-0.4, -0.2) is 11.0 Å². The van der Waals surface area contributed by atoms with Gasteiger partial charge in [-0.25, -0.2) is 0 Å². The number of hydrogen-bond donors (Lipinski definition) is 2. The first-order valence-corrected chi connectivity index (χ1v) is 7.33. The fraction of sp³-hybridized carbons (Fsp3) is 0.133. The number of hydrogen-bond acceptors (Lipinski definition) is 2. The fourth-order valence-electron chi connectivity index (χ4n) is 2.60. The maximum Gasteiger partial charge on any atom is 0.416 e. The summed E-state index contributed by atoms with van der Waals surface area (Å²) in [5.41, 5.74) is -3.74. The van der Waals surface area contributed by atoms with Crippen molar-refractivity contribution in [1.29, 1.82) is 0 Å². The predicted octanol–water partition coefficient (Wildman–Crippen LogP) is 3.50. The number of nitrogens with one attached hydrogen (secondary N) is 1. The summed E-state index contributed by atoms with van der Waals surface area (Å²) in [7, 11) is 0. The largest absolute Gasteiger partial charge is 0.416 e. The van der Waals surface area contributed by atoms with Crippen LogP contribution >= 0.6 is 22.6 Å². The highest BCUT2D eigenvalue weighted by Crippen LogP contribution is 2.48. The predicted molar refractivity (Wildman–Crippen MR) is 82.2 cm³/mol. The molecule has 3 nitrogen and oxygen atoms in total. The lowest BCUT2D eigenvalue weighted by molar-refractivity contribution is -0.141. The van der Waals surface area contributed by atoms with Gasteiger partial charge in [0.1, 0.15) is 0 Å². The third-order valence-corrected chi connectivity index (χ3v) is 4.16. The molecule has 0 saturated heterocycles. The highest BCUT2D eigenvalue weighted by Gasteiger charge is 2.52. The Morgan fingerprint density at radius 3 is 2.36 bits per heavy atom. The molecule has 0 radical (unpaired) electrons. The summed E-state index contributed by atoms with van der Waals surface area (Å²) in [4.78, 5) is 12.2. The molecule has 1 amide bonds. The van der Waals surface area contributed by atoms with Crippen LogP contribution in [0.25, 0.3) is 0 Å². The van der Waals surface area contributed by atoms with Crippen molar-refractivity contribution >= 4 is 34.2 Å². The van der Waals surface area contributed by atoms with Crippen LogP contribution in [0.15, 0.2) is 42.5 Å². The molecule has 1 unspecified atom stereocenters. The normalized spacial score (nSPS) is 20.7. The molecule has 2 aromatic carbocycles. The zero-order valence-corrected chi connectivity index (χ0v) is 13.1. The third-order valence-electron chi connectivity index (χ3n) is 3.54. The van der Waals surface area contributed by atoms with E-state index in [4.69, 9.17) is 0 Å². The molecule has 0 aromatic heterocycles. The molecule has 3 rings (SSSR count). The summed E-state index contributed by atoms with van der Waals surface area (Å²) in [6.07, 6.45) is -4.68. The summed E-state index contributed by atoms with van der Waals surface area (Å²) in [6.45, 7) is 0. The van der Waals surface area contributed by atoms with E-state index < -0.39 is 28.8 Å². The Hall–Kier alpha value is -1.61. The van der Waals surface area contributed by atoms with E-state index in [1.165, 1.54) is 18.2 Å². The fourth-order valence-corrected chi connectivity index (χ4v) is 3.22. The summed E-state index contributed by atoms with van der Waals surface area (Å²) >= 11 is 1.74. The highest BCUT2D eigenvalue weighted by atomic mass is 127. The van der Waals surface area contributed by atoms with E-state index in [9.17, 15) is 23.1 Å². The van der Waals surface area contributed by atoms with Crippen molar-refractivity contribution < 1.29 is 23.1 Å². The second-order valence-corrected chi connectivity index (χ2v) is 6.15. The minimum absolute atomic E-state index is 0.0180. The molecule has 0 bridgehead atoms. The molecule has 114 valence electrons. The zero-order chi connectivity index (χ0) is 16.1. The van der Waals surface area contributed by atoms with Gasteiger partial charge in [-0.05, 0) is 40.3 Å². The standard InChI is InChI=1S/C15H9F3INO2/c16-15(17,18)10-6-9(19)7-11-12(10)14(22,13(21)20-11)8-4-2-1-3-5-8/h1-7,22H,(H,20,21). The van der Waals surface area contributed by atoms with Gasteiger partial charge in [0.2, 0.25) is 0 Å². The number of benzene rings is 2. The molecule has 1 atom stereocenters. The topological polar surface area (TPSA) is 49.3 Å². The maximum atomic E-state index is 13.4. The van der Waals surface area contributed by atoms with Crippen molar-refractivity contribution in [1.82, 2.24) is 0 Å². The van der Waals surface area contributed by atoms with E-state index >= 15 is 0 Å². The van der Waals surface area contributed by atoms with E-state index in [1.807, 2.05) is 0 Å². The molecule has 0 spiro atoms. The monoisotopic (exact) mass is 419 g/mol. The Balaban J connectivity index is 2.34. The van der Waals surface area contributed by atoms with E-state index in [2.05, 4.69) is 5.32 Å². The lowest BCUT2D eigenvalue weighted by Gasteiger charge is -2.24. The Kier molecular flexibility index (Phi) is 3.44. The minimum Gasteiger partial charge on any atom is -0.372 e. The Morgan fingerprint density at radius 1 is 1.14 bits per heavy atom. The van der Waals surface area contributed by atoms with Gasteiger partial charge in [0.15, 0.2) is 5.60 Å². The maximum absolute atomic E-state index is 13.4. The van der Waals surface area contributed by atoms with Crippen LogP contribution in [0.3, 0.4) is 0 Å². The van der Waals surface area contributed by atoms with Gasteiger partial charge in [0.05, 0.1) is 5.56 Å². The number of fused-ring (bicyclic) bond motifs is 1. The third kappa shape index (κ3) is 2.19. The summed E-state index contributed by atoms with van der Waals surface area (Å²) in [5.74, 6) is -0.888. The summed E-state index contributed by atoms with van der Waals surface area (Å²) in [6, 6.07) is 9.94. The van der Waals surface area contributed by atoms with Gasteiger partial charge in [-0.2, -0.15) is 13.2 Å². The van der Waals surface area contributed by atoms with Crippen LogP contribution < -0.4 is 5.32 Å². The van der Waals surface area contributed by atoms with Crippen molar-refractivity contribution in [2.75, 3.05) is 5.32 Å². The molecule has 2 aromatic rings. The number of anilines is 1. The number of carbonyl (C=O) groups is 1. The summed E-state index contributed by atoms with van der Waals surface area (Å²) < 4.78 is 40.4. The highest BCUT2D eigenvalue weighted by molar-refractivity contribution is 14.1. The molecule has 0 saturated carbocycles. The Bertz CT molecular complexity index is 761. The van der Waals surface area contributed by atoms with Crippen LogP contribution in [0.2, 0.25) is 0 Å². The van der Waals surface area contributed by atoms with Crippen LogP contribution in [0.4, 0.5) is 18.9 Å². The van der Waals surface area contributed by atoms with Gasteiger partial charge in [0, 0.05) is 14.8 Å². The van der Waals surface area contributed by atoms with Crippen LogP contribution in [0, 0.1) is 3.57 Å². The van der Waals surface area contributed by atoms with Crippen LogP contribution in [0.5, 0.6) is 0 Å². The van der Waals surface area contributed by atoms with Gasteiger partial charge in [-0.3, -0.25) is 4.79 Å². The molecule has 2 N–H and O–H groups in total. The van der Waals surface area contributed by atoms with Gasteiger partial charge < -0.3 is 10.4 Å². The van der Waals surface area contributed by atoms with Crippen molar-refractivity contribution in [3.8, 4) is 0 Å². The van der Waals surface area contributed by atoms with Crippen molar-refractivity contribution in [2.45, 2.75) is 11.8 Å². The molecule has 7 heteroatoms. The van der Waals surface area contributed by atoms with Crippen molar-refractivity contribution in [2.24, 2.45) is 0 Å². The average Bonchev–Trinajstić information content (AvgIpc) is 2.70. The van der Waals surface area contributed by atoms with Crippen LogP contribution in [-0.2, 0) is 16.6 Å². The number of alkyl halides is 3. The summed E-state index contributed by atoms with van der Waals surface area (Å²) in [5, 5.41) is 13.1. The quantitative estimate of drug-likeness (QED) is 0.696. The number of rotatable bonds is 1. The molecule has 1 heterocycles. The first kappa shape index (κ1) is 15.3. The van der Waals surface area contributed by atoms with E-state index in [0.717, 1.165) is 6.07 Å². The zero-order valence-electron chi connectivity index (χ0n) is 10.9. The first-order chi connectivity index (χ1) is 10.2. The molecule has 1 aliphatic rings. The Labute approximate surface area is 137 Å². The first-order valence-electron chi connectivity index (χ1n) is 6.25. The molecular weight excluding hydrogens is 410 g/mol. The smallest absolute Gasteiger partial charge is 0.372 e. The van der Waals surface area contributed by atoms with Crippen LogP contribution in [0.1, 0.15) is 16.7 Å². The lowest BCUT2D eigenvalue weighted by atomic mass is 9.84. The number of halogens is 4. The van der Waals surface area contributed by atoms with Crippen molar-refractivity contribution in [3.05, 3.63) is 62.7 Å². The second kappa shape index (κ2) is 4.95. The average molecular weight is 419 g/mol. The number of amides is 1. The van der Waals surface area contributed by atoms with E-state index in [-0.39, 0.29) is 11.3 Å². The minimum atomic E-state index is -4.68. The Morgan fingerprint density at radius 2 is 1.77 bits per heavy atom. The molecule has 0 fully saturated rings. The molecule has 22 heavy (non-hydrogen) atoms. The number of carbonyl (C=O) groups excluding carboxylic acids is 1. The molecular formula is C15H9F3INO2. The number of aliphatic hydroxyl groups is 1.